The standard InChI is InChI=1S/C23H26N2O3/c1-2-14-24-16-19(20-10-6-7-11-21(20)24)12-13-22(26)25(17-23(27)28)15-18-8-4-3-5-9-18/h3-11,16H,2,12-15,17H2,1H3,(H,27,28). The molecule has 1 amide bonds. The second-order valence-electron chi connectivity index (χ2n) is 6.99. The summed E-state index contributed by atoms with van der Waals surface area (Å²) >= 11 is 0. The second kappa shape index (κ2) is 9.22. The molecule has 5 nitrogen and oxygen atoms in total. The SMILES string of the molecule is CCCn1cc(CCC(=O)N(CC(=O)O)Cc2ccccc2)c2ccccc21. The maximum absolute atomic E-state index is 12.8. The van der Waals surface area contributed by atoms with Crippen molar-refractivity contribution in [1.82, 2.24) is 9.47 Å². The van der Waals surface area contributed by atoms with Gasteiger partial charge in [0.25, 0.3) is 0 Å². The lowest BCUT2D eigenvalue weighted by Crippen LogP contribution is -2.35. The molecule has 3 aromatic rings. The maximum atomic E-state index is 12.8. The largest absolute Gasteiger partial charge is 0.480 e. The lowest BCUT2D eigenvalue weighted by molar-refractivity contribution is -0.144. The van der Waals surface area contributed by atoms with E-state index in [1.54, 1.807) is 0 Å². The summed E-state index contributed by atoms with van der Waals surface area (Å²) in [5.41, 5.74) is 3.24. The Balaban J connectivity index is 1.73. The van der Waals surface area contributed by atoms with Gasteiger partial charge in [0.05, 0.1) is 0 Å². The van der Waals surface area contributed by atoms with Crippen molar-refractivity contribution < 1.29 is 14.7 Å². The number of hydrogen-bond donors (Lipinski definition) is 1. The van der Waals surface area contributed by atoms with E-state index in [2.05, 4.69) is 29.8 Å². The Labute approximate surface area is 165 Å². The van der Waals surface area contributed by atoms with Crippen molar-refractivity contribution in [2.45, 2.75) is 39.3 Å². The fourth-order valence-corrected chi connectivity index (χ4v) is 3.55. The van der Waals surface area contributed by atoms with Crippen LogP contribution in [-0.2, 0) is 29.1 Å². The van der Waals surface area contributed by atoms with E-state index in [1.807, 2.05) is 42.5 Å². The van der Waals surface area contributed by atoms with Gasteiger partial charge in [0.15, 0.2) is 0 Å². The number of aliphatic carboxylic acids is 1. The van der Waals surface area contributed by atoms with Crippen LogP contribution in [0.1, 0.15) is 30.9 Å². The van der Waals surface area contributed by atoms with Crippen LogP contribution in [0.2, 0.25) is 0 Å². The molecule has 1 aromatic heterocycles. The van der Waals surface area contributed by atoms with Gasteiger partial charge in [0, 0.05) is 36.6 Å². The molecule has 0 spiro atoms. The molecule has 28 heavy (non-hydrogen) atoms. The van der Waals surface area contributed by atoms with Gasteiger partial charge in [-0.2, -0.15) is 0 Å². The molecule has 0 aliphatic heterocycles. The fraction of sp³-hybridized carbons (Fsp3) is 0.304. The van der Waals surface area contributed by atoms with Crippen LogP contribution in [0.5, 0.6) is 0 Å². The minimum Gasteiger partial charge on any atom is -0.480 e. The number of nitrogens with zero attached hydrogens (tertiary/aromatic N) is 2. The lowest BCUT2D eigenvalue weighted by Gasteiger charge is -2.21. The summed E-state index contributed by atoms with van der Waals surface area (Å²) in [6, 6.07) is 17.7. The number of benzene rings is 2. The summed E-state index contributed by atoms with van der Waals surface area (Å²) < 4.78 is 2.23. The summed E-state index contributed by atoms with van der Waals surface area (Å²) in [6.45, 7) is 3.10. The second-order valence-corrected chi connectivity index (χ2v) is 6.99. The van der Waals surface area contributed by atoms with Crippen molar-refractivity contribution in [3.63, 3.8) is 0 Å². The number of hydrogen-bond acceptors (Lipinski definition) is 2. The van der Waals surface area contributed by atoms with Gasteiger partial charge in [-0.05, 0) is 30.0 Å². The first-order chi connectivity index (χ1) is 13.6. The molecule has 0 radical (unpaired) electrons. The Morgan fingerprint density at radius 1 is 1.04 bits per heavy atom. The smallest absolute Gasteiger partial charge is 0.323 e. The number of fused-ring (bicyclic) bond motifs is 1. The van der Waals surface area contributed by atoms with Gasteiger partial charge in [0.2, 0.25) is 5.91 Å². The molecule has 0 saturated heterocycles. The summed E-state index contributed by atoms with van der Waals surface area (Å²) in [5, 5.41) is 10.4. The van der Waals surface area contributed by atoms with Crippen LogP contribution in [0.3, 0.4) is 0 Å². The molecular weight excluding hydrogens is 352 g/mol. The van der Waals surface area contributed by atoms with Crippen molar-refractivity contribution in [3.05, 3.63) is 71.9 Å². The number of carbonyl (C=O) groups is 2. The maximum Gasteiger partial charge on any atom is 0.323 e. The summed E-state index contributed by atoms with van der Waals surface area (Å²) in [4.78, 5) is 25.4. The number of carboxylic acid groups (broad SMARTS) is 1. The Bertz CT molecular complexity index is 947. The zero-order valence-corrected chi connectivity index (χ0v) is 16.2. The molecule has 2 aromatic carbocycles. The Kier molecular flexibility index (Phi) is 6.48. The van der Waals surface area contributed by atoms with E-state index in [1.165, 1.54) is 10.4 Å². The van der Waals surface area contributed by atoms with Crippen LogP contribution in [0.25, 0.3) is 10.9 Å². The topological polar surface area (TPSA) is 62.5 Å². The number of carboxylic acids is 1. The molecule has 0 aliphatic rings. The van der Waals surface area contributed by atoms with Gasteiger partial charge in [0.1, 0.15) is 6.54 Å². The molecule has 0 fully saturated rings. The summed E-state index contributed by atoms with van der Waals surface area (Å²) in [6.07, 6.45) is 4.06. The summed E-state index contributed by atoms with van der Waals surface area (Å²) in [7, 11) is 0. The van der Waals surface area contributed by atoms with Crippen LogP contribution < -0.4 is 0 Å². The predicted octanol–water partition coefficient (Wildman–Crippen LogP) is 4.10. The van der Waals surface area contributed by atoms with E-state index in [0.29, 0.717) is 19.4 Å². The van der Waals surface area contributed by atoms with E-state index >= 15 is 0 Å². The third-order valence-corrected chi connectivity index (χ3v) is 4.84. The average Bonchev–Trinajstić information content (AvgIpc) is 3.04. The quantitative estimate of drug-likeness (QED) is 0.610. The molecule has 1 heterocycles. The monoisotopic (exact) mass is 378 g/mol. The highest BCUT2D eigenvalue weighted by molar-refractivity contribution is 5.85. The van der Waals surface area contributed by atoms with Gasteiger partial charge in [-0.15, -0.1) is 0 Å². The van der Waals surface area contributed by atoms with Gasteiger partial charge >= 0.3 is 5.97 Å². The zero-order chi connectivity index (χ0) is 19.9. The minimum absolute atomic E-state index is 0.140. The molecule has 0 atom stereocenters. The number of amides is 1. The van der Waals surface area contributed by atoms with Crippen LogP contribution in [0, 0.1) is 0 Å². The fourth-order valence-electron chi connectivity index (χ4n) is 3.55. The van der Waals surface area contributed by atoms with Crippen LogP contribution >= 0.6 is 0 Å². The number of aromatic nitrogens is 1. The normalized spacial score (nSPS) is 10.9. The highest BCUT2D eigenvalue weighted by Crippen LogP contribution is 2.23. The van der Waals surface area contributed by atoms with Crippen molar-refractivity contribution in [2.24, 2.45) is 0 Å². The molecule has 5 heteroatoms. The highest BCUT2D eigenvalue weighted by atomic mass is 16.4. The third kappa shape index (κ3) is 4.80. The number of para-hydroxylation sites is 1. The van der Waals surface area contributed by atoms with Crippen LogP contribution in [0.4, 0.5) is 0 Å². The molecule has 0 aliphatic carbocycles. The van der Waals surface area contributed by atoms with E-state index in [4.69, 9.17) is 0 Å². The molecule has 1 N–H and O–H groups in total. The molecule has 0 saturated carbocycles. The van der Waals surface area contributed by atoms with Crippen molar-refractivity contribution in [2.75, 3.05) is 6.54 Å². The number of carbonyl (C=O) groups excluding carboxylic acids is 1. The molecular formula is C23H26N2O3. The van der Waals surface area contributed by atoms with Crippen molar-refractivity contribution >= 4 is 22.8 Å². The van der Waals surface area contributed by atoms with Gasteiger partial charge in [-0.3, -0.25) is 9.59 Å². The molecule has 0 unspecified atom stereocenters. The van der Waals surface area contributed by atoms with Crippen molar-refractivity contribution in [3.8, 4) is 0 Å². The van der Waals surface area contributed by atoms with E-state index in [-0.39, 0.29) is 12.5 Å². The lowest BCUT2D eigenvalue weighted by atomic mass is 10.1. The van der Waals surface area contributed by atoms with Crippen LogP contribution in [0.15, 0.2) is 60.8 Å². The predicted molar refractivity (Wildman–Crippen MR) is 110 cm³/mol. The Morgan fingerprint density at radius 3 is 2.46 bits per heavy atom. The number of aryl methyl sites for hydroxylation is 2. The Morgan fingerprint density at radius 2 is 1.75 bits per heavy atom. The van der Waals surface area contributed by atoms with Gasteiger partial charge < -0.3 is 14.6 Å². The number of rotatable bonds is 9. The first-order valence-corrected chi connectivity index (χ1v) is 9.68. The Hall–Kier alpha value is -3.08. The van der Waals surface area contributed by atoms with E-state index < -0.39 is 5.97 Å². The molecule has 0 bridgehead atoms. The first kappa shape index (κ1) is 19.7. The van der Waals surface area contributed by atoms with E-state index in [0.717, 1.165) is 29.5 Å². The zero-order valence-electron chi connectivity index (χ0n) is 16.2. The summed E-state index contributed by atoms with van der Waals surface area (Å²) in [5.74, 6) is -1.14. The van der Waals surface area contributed by atoms with Crippen molar-refractivity contribution in [1.29, 1.82) is 0 Å². The third-order valence-electron chi connectivity index (χ3n) is 4.84. The molecule has 3 rings (SSSR count). The minimum atomic E-state index is -0.996. The van der Waals surface area contributed by atoms with Gasteiger partial charge in [-0.1, -0.05) is 55.5 Å². The van der Waals surface area contributed by atoms with Crippen LogP contribution in [-0.4, -0.2) is 33.0 Å². The van der Waals surface area contributed by atoms with Gasteiger partial charge in [-0.25, -0.2) is 0 Å². The first-order valence-electron chi connectivity index (χ1n) is 9.68. The molecule has 146 valence electrons. The van der Waals surface area contributed by atoms with E-state index in [9.17, 15) is 14.7 Å². The highest BCUT2D eigenvalue weighted by Gasteiger charge is 2.18. The average molecular weight is 378 g/mol.